The smallest absolute Gasteiger partial charge is 0.182 e. The summed E-state index contributed by atoms with van der Waals surface area (Å²) >= 11 is 5.03. The highest BCUT2D eigenvalue weighted by Crippen LogP contribution is 2.19. The maximum Gasteiger partial charge on any atom is 0.182 e. The molecule has 2 rings (SSSR count). The van der Waals surface area contributed by atoms with Crippen LogP contribution in [0.25, 0.3) is 0 Å². The van der Waals surface area contributed by atoms with Gasteiger partial charge in [-0.15, -0.1) is 11.3 Å². The fourth-order valence-corrected chi connectivity index (χ4v) is 2.40. The van der Waals surface area contributed by atoms with Gasteiger partial charge in [0.25, 0.3) is 0 Å². The third-order valence-corrected chi connectivity index (χ3v) is 3.15. The second kappa shape index (κ2) is 4.76. The Balaban J connectivity index is 2.04. The number of nitrogens with zero attached hydrogens (tertiary/aromatic N) is 3. The number of hydrogen-bond donors (Lipinski definition) is 1. The quantitative estimate of drug-likeness (QED) is 0.940. The van der Waals surface area contributed by atoms with Crippen LogP contribution in [0.15, 0.2) is 23.1 Å². The second-order valence-corrected chi connectivity index (χ2v) is 5.05. The van der Waals surface area contributed by atoms with Crippen LogP contribution in [0.2, 0.25) is 0 Å². The number of anilines is 1. The van der Waals surface area contributed by atoms with Crippen molar-refractivity contribution in [2.75, 3.05) is 11.9 Å². The predicted octanol–water partition coefficient (Wildman–Crippen LogP) is 2.58. The van der Waals surface area contributed by atoms with E-state index in [9.17, 15) is 0 Å². The Labute approximate surface area is 100 Å². The largest absolute Gasteiger partial charge is 0.362 e. The maximum atomic E-state index is 4.26. The third kappa shape index (κ3) is 2.79. The fraction of sp³-hybridized carbons (Fsp3) is 0.333. The van der Waals surface area contributed by atoms with E-state index in [0.717, 1.165) is 22.7 Å². The molecule has 0 saturated carbocycles. The van der Waals surface area contributed by atoms with Crippen molar-refractivity contribution in [3.05, 3.63) is 27.9 Å². The molecule has 0 spiro atoms. The summed E-state index contributed by atoms with van der Waals surface area (Å²) in [6, 6.07) is 0. The Kier molecular flexibility index (Phi) is 3.37. The molecule has 2 aromatic rings. The van der Waals surface area contributed by atoms with Gasteiger partial charge in [-0.05, 0) is 22.9 Å². The zero-order chi connectivity index (χ0) is 10.7. The van der Waals surface area contributed by atoms with Crippen molar-refractivity contribution in [1.82, 2.24) is 14.8 Å². The molecule has 2 aromatic heterocycles. The van der Waals surface area contributed by atoms with Crippen LogP contribution in [0.5, 0.6) is 0 Å². The van der Waals surface area contributed by atoms with Crippen LogP contribution < -0.4 is 5.32 Å². The highest BCUT2D eigenvalue weighted by atomic mass is 79.9. The molecule has 0 fully saturated rings. The van der Waals surface area contributed by atoms with Crippen molar-refractivity contribution >= 4 is 32.4 Å². The fourth-order valence-electron chi connectivity index (χ4n) is 1.20. The molecule has 80 valence electrons. The number of halogens is 1. The van der Waals surface area contributed by atoms with Crippen molar-refractivity contribution in [1.29, 1.82) is 0 Å². The van der Waals surface area contributed by atoms with E-state index in [0.29, 0.717) is 0 Å². The van der Waals surface area contributed by atoms with E-state index < -0.39 is 0 Å². The average Bonchev–Trinajstić information content (AvgIpc) is 2.78. The van der Waals surface area contributed by atoms with E-state index in [1.165, 1.54) is 4.88 Å². The molecule has 0 bridgehead atoms. The number of rotatable bonds is 4. The molecule has 0 saturated heterocycles. The van der Waals surface area contributed by atoms with Gasteiger partial charge in [0.05, 0.1) is 17.2 Å². The summed E-state index contributed by atoms with van der Waals surface area (Å²) in [7, 11) is 0. The SMILES string of the molecule is CCNc1ncc(Cn2cc(Br)cn2)s1. The Morgan fingerprint density at radius 2 is 2.40 bits per heavy atom. The van der Waals surface area contributed by atoms with Gasteiger partial charge in [-0.1, -0.05) is 0 Å². The molecular formula is C9H11BrN4S. The topological polar surface area (TPSA) is 42.7 Å². The Morgan fingerprint density at radius 3 is 3.07 bits per heavy atom. The molecule has 15 heavy (non-hydrogen) atoms. The summed E-state index contributed by atoms with van der Waals surface area (Å²) < 4.78 is 2.88. The van der Waals surface area contributed by atoms with Gasteiger partial charge in [-0.25, -0.2) is 4.98 Å². The second-order valence-electron chi connectivity index (χ2n) is 3.02. The standard InChI is InChI=1S/C9H11BrN4S/c1-2-11-9-12-4-8(15-9)6-14-5-7(10)3-13-14/h3-5H,2,6H2,1H3,(H,11,12). The van der Waals surface area contributed by atoms with Crippen molar-refractivity contribution < 1.29 is 0 Å². The Morgan fingerprint density at radius 1 is 1.53 bits per heavy atom. The van der Waals surface area contributed by atoms with Crippen LogP contribution >= 0.6 is 27.3 Å². The zero-order valence-corrected chi connectivity index (χ0v) is 10.7. The summed E-state index contributed by atoms with van der Waals surface area (Å²) in [4.78, 5) is 5.46. The van der Waals surface area contributed by atoms with Crippen LogP contribution in [0.4, 0.5) is 5.13 Å². The molecular weight excluding hydrogens is 276 g/mol. The Hall–Kier alpha value is -0.880. The van der Waals surface area contributed by atoms with Crippen LogP contribution in [0, 0.1) is 0 Å². The van der Waals surface area contributed by atoms with Gasteiger partial charge in [-0.2, -0.15) is 5.10 Å². The molecule has 0 aliphatic heterocycles. The highest BCUT2D eigenvalue weighted by Gasteiger charge is 2.02. The highest BCUT2D eigenvalue weighted by molar-refractivity contribution is 9.10. The van der Waals surface area contributed by atoms with E-state index in [-0.39, 0.29) is 0 Å². The first-order valence-electron chi connectivity index (χ1n) is 4.64. The molecule has 1 N–H and O–H groups in total. The molecule has 0 unspecified atom stereocenters. The molecule has 0 atom stereocenters. The number of nitrogens with one attached hydrogen (secondary N) is 1. The summed E-state index contributed by atoms with van der Waals surface area (Å²) in [6.07, 6.45) is 5.62. The van der Waals surface area contributed by atoms with Crippen molar-refractivity contribution in [3.63, 3.8) is 0 Å². The van der Waals surface area contributed by atoms with E-state index >= 15 is 0 Å². The van der Waals surface area contributed by atoms with Gasteiger partial charge < -0.3 is 5.32 Å². The van der Waals surface area contributed by atoms with Gasteiger partial charge in [0, 0.05) is 23.8 Å². The van der Waals surface area contributed by atoms with Crippen LogP contribution in [0.1, 0.15) is 11.8 Å². The first-order chi connectivity index (χ1) is 7.28. The number of hydrogen-bond acceptors (Lipinski definition) is 4. The lowest BCUT2D eigenvalue weighted by molar-refractivity contribution is 0.693. The normalized spacial score (nSPS) is 10.5. The third-order valence-electron chi connectivity index (χ3n) is 1.80. The lowest BCUT2D eigenvalue weighted by atomic mass is 10.5. The van der Waals surface area contributed by atoms with Gasteiger partial charge in [-0.3, -0.25) is 4.68 Å². The zero-order valence-electron chi connectivity index (χ0n) is 8.27. The summed E-state index contributed by atoms with van der Waals surface area (Å²) in [5.74, 6) is 0. The van der Waals surface area contributed by atoms with Crippen LogP contribution in [0.3, 0.4) is 0 Å². The molecule has 4 nitrogen and oxygen atoms in total. The van der Waals surface area contributed by atoms with E-state index in [4.69, 9.17) is 0 Å². The molecule has 6 heteroatoms. The summed E-state index contributed by atoms with van der Waals surface area (Å²) in [5.41, 5.74) is 0. The van der Waals surface area contributed by atoms with Gasteiger partial charge in [0.1, 0.15) is 0 Å². The van der Waals surface area contributed by atoms with Gasteiger partial charge >= 0.3 is 0 Å². The van der Waals surface area contributed by atoms with Crippen molar-refractivity contribution in [3.8, 4) is 0 Å². The monoisotopic (exact) mass is 286 g/mol. The molecule has 0 amide bonds. The predicted molar refractivity (Wildman–Crippen MR) is 65.3 cm³/mol. The van der Waals surface area contributed by atoms with Crippen molar-refractivity contribution in [2.45, 2.75) is 13.5 Å². The van der Waals surface area contributed by atoms with Crippen molar-refractivity contribution in [2.24, 2.45) is 0 Å². The minimum absolute atomic E-state index is 0.772. The maximum absolute atomic E-state index is 4.26. The van der Waals surface area contributed by atoms with E-state index in [2.05, 4.69) is 38.3 Å². The molecule has 2 heterocycles. The Bertz CT molecular complexity index is 437. The molecule has 0 aliphatic rings. The first kappa shape index (κ1) is 10.6. The summed E-state index contributed by atoms with van der Waals surface area (Å²) in [5, 5.41) is 8.35. The van der Waals surface area contributed by atoms with E-state index in [1.807, 2.05) is 17.1 Å². The summed E-state index contributed by atoms with van der Waals surface area (Å²) in [6.45, 7) is 3.74. The van der Waals surface area contributed by atoms with Crippen LogP contribution in [-0.2, 0) is 6.54 Å². The lowest BCUT2D eigenvalue weighted by Crippen LogP contribution is -1.97. The van der Waals surface area contributed by atoms with E-state index in [1.54, 1.807) is 17.5 Å². The minimum atomic E-state index is 0.772. The minimum Gasteiger partial charge on any atom is -0.362 e. The molecule has 0 radical (unpaired) electrons. The lowest BCUT2D eigenvalue weighted by Gasteiger charge is -1.96. The molecule has 0 aliphatic carbocycles. The number of aromatic nitrogens is 3. The number of thiazole rings is 1. The first-order valence-corrected chi connectivity index (χ1v) is 6.25. The van der Waals surface area contributed by atoms with Crippen LogP contribution in [-0.4, -0.2) is 21.3 Å². The van der Waals surface area contributed by atoms with Gasteiger partial charge in [0.15, 0.2) is 5.13 Å². The van der Waals surface area contributed by atoms with Gasteiger partial charge in [0.2, 0.25) is 0 Å². The molecule has 0 aromatic carbocycles. The average molecular weight is 287 g/mol.